The number of pyridine rings is 1. The van der Waals surface area contributed by atoms with Gasteiger partial charge in [0.25, 0.3) is 0 Å². The molecule has 2 rings (SSSR count). The molecule has 0 saturated carbocycles. The summed E-state index contributed by atoms with van der Waals surface area (Å²) in [6, 6.07) is 2.58. The molecule has 0 N–H and O–H groups in total. The fourth-order valence-corrected chi connectivity index (χ4v) is 1.19. The van der Waals surface area contributed by atoms with Gasteiger partial charge in [-0.25, -0.2) is 9.37 Å². The third-order valence-electron chi connectivity index (χ3n) is 1.75. The zero-order valence-electron chi connectivity index (χ0n) is 8.09. The van der Waals surface area contributed by atoms with Crippen LogP contribution in [0.2, 0.25) is 0 Å². The summed E-state index contributed by atoms with van der Waals surface area (Å²) in [4.78, 5) is 5.39. The summed E-state index contributed by atoms with van der Waals surface area (Å²) in [6.07, 6.45) is 3.01. The quantitative estimate of drug-likeness (QED) is 0.753. The van der Waals surface area contributed by atoms with Gasteiger partial charge in [-0.15, -0.1) is 4.80 Å². The Balaban J connectivity index is 2.40. The average molecular weight is 208 g/mol. The normalized spacial score (nSPS) is 10.5. The van der Waals surface area contributed by atoms with E-state index in [-0.39, 0.29) is 12.4 Å². The van der Waals surface area contributed by atoms with Gasteiger partial charge in [0.2, 0.25) is 0 Å². The fraction of sp³-hybridized carbons (Fsp3) is 0.222. The SMILES string of the molecule is COCc1cc(F)cc(-n2nccn2)n1. The second-order valence-electron chi connectivity index (χ2n) is 2.89. The molecule has 0 aliphatic rings. The van der Waals surface area contributed by atoms with Crippen LogP contribution in [0.3, 0.4) is 0 Å². The van der Waals surface area contributed by atoms with Gasteiger partial charge in [0, 0.05) is 13.2 Å². The van der Waals surface area contributed by atoms with Crippen molar-refractivity contribution in [2.45, 2.75) is 6.61 Å². The molecule has 0 aromatic carbocycles. The first-order valence-corrected chi connectivity index (χ1v) is 4.31. The van der Waals surface area contributed by atoms with E-state index in [0.29, 0.717) is 11.5 Å². The molecule has 0 saturated heterocycles. The highest BCUT2D eigenvalue weighted by Gasteiger charge is 2.05. The Morgan fingerprint density at radius 2 is 2.07 bits per heavy atom. The van der Waals surface area contributed by atoms with Crippen LogP contribution in [-0.4, -0.2) is 27.1 Å². The molecule has 2 aromatic heterocycles. The highest BCUT2D eigenvalue weighted by Crippen LogP contribution is 2.08. The van der Waals surface area contributed by atoms with Crippen molar-refractivity contribution in [2.24, 2.45) is 0 Å². The molecular weight excluding hydrogens is 199 g/mol. The molecule has 0 aliphatic heterocycles. The summed E-state index contributed by atoms with van der Waals surface area (Å²) in [5, 5.41) is 7.73. The zero-order valence-corrected chi connectivity index (χ0v) is 8.09. The number of rotatable bonds is 3. The maximum absolute atomic E-state index is 13.2. The van der Waals surface area contributed by atoms with Crippen LogP contribution in [0.5, 0.6) is 0 Å². The summed E-state index contributed by atoms with van der Waals surface area (Å²) in [5.41, 5.74) is 0.504. The minimum atomic E-state index is -0.385. The summed E-state index contributed by atoms with van der Waals surface area (Å²) < 4.78 is 18.1. The van der Waals surface area contributed by atoms with Gasteiger partial charge in [0.05, 0.1) is 24.7 Å². The number of hydrogen-bond acceptors (Lipinski definition) is 4. The van der Waals surface area contributed by atoms with Gasteiger partial charge in [-0.2, -0.15) is 10.2 Å². The highest BCUT2D eigenvalue weighted by molar-refractivity contribution is 5.22. The molecule has 0 amide bonds. The molecule has 5 nitrogen and oxygen atoms in total. The lowest BCUT2D eigenvalue weighted by molar-refractivity contribution is 0.181. The van der Waals surface area contributed by atoms with Crippen molar-refractivity contribution in [3.8, 4) is 5.82 Å². The van der Waals surface area contributed by atoms with E-state index >= 15 is 0 Å². The van der Waals surface area contributed by atoms with Gasteiger partial charge in [-0.3, -0.25) is 0 Å². The van der Waals surface area contributed by atoms with Crippen LogP contribution in [0, 0.1) is 5.82 Å². The van der Waals surface area contributed by atoms with Crippen molar-refractivity contribution in [3.05, 3.63) is 36.0 Å². The van der Waals surface area contributed by atoms with Crippen LogP contribution in [-0.2, 0) is 11.3 Å². The maximum Gasteiger partial charge on any atom is 0.177 e. The molecule has 0 fully saturated rings. The van der Waals surface area contributed by atoms with Crippen molar-refractivity contribution in [1.29, 1.82) is 0 Å². The third-order valence-corrected chi connectivity index (χ3v) is 1.75. The van der Waals surface area contributed by atoms with E-state index in [9.17, 15) is 4.39 Å². The summed E-state index contributed by atoms with van der Waals surface area (Å²) in [6.45, 7) is 0.256. The first-order chi connectivity index (χ1) is 7.29. The number of methoxy groups -OCH3 is 1. The Hall–Kier alpha value is -1.82. The average Bonchev–Trinajstić information content (AvgIpc) is 2.70. The van der Waals surface area contributed by atoms with Crippen molar-refractivity contribution < 1.29 is 9.13 Å². The molecule has 0 aliphatic carbocycles. The summed E-state index contributed by atoms with van der Waals surface area (Å²) in [7, 11) is 1.53. The highest BCUT2D eigenvalue weighted by atomic mass is 19.1. The largest absolute Gasteiger partial charge is 0.378 e. The molecule has 2 heterocycles. The first-order valence-electron chi connectivity index (χ1n) is 4.31. The Morgan fingerprint density at radius 3 is 2.73 bits per heavy atom. The van der Waals surface area contributed by atoms with Gasteiger partial charge >= 0.3 is 0 Å². The summed E-state index contributed by atoms with van der Waals surface area (Å²) in [5.74, 6) is -0.0450. The Kier molecular flexibility index (Phi) is 2.68. The number of nitrogens with zero attached hydrogens (tertiary/aromatic N) is 4. The Morgan fingerprint density at radius 1 is 1.33 bits per heavy atom. The van der Waals surface area contributed by atoms with E-state index in [0.717, 1.165) is 0 Å². The van der Waals surface area contributed by atoms with Crippen LogP contribution in [0.25, 0.3) is 5.82 Å². The topological polar surface area (TPSA) is 52.8 Å². The smallest absolute Gasteiger partial charge is 0.177 e. The van der Waals surface area contributed by atoms with Crippen LogP contribution < -0.4 is 0 Å². The predicted octanol–water partition coefficient (Wildman–Crippen LogP) is 0.948. The van der Waals surface area contributed by atoms with Gasteiger partial charge in [-0.1, -0.05) is 0 Å². The lowest BCUT2D eigenvalue weighted by atomic mass is 10.3. The monoisotopic (exact) mass is 208 g/mol. The van der Waals surface area contributed by atoms with Crippen molar-refractivity contribution in [1.82, 2.24) is 20.0 Å². The number of hydrogen-bond donors (Lipinski definition) is 0. The number of aromatic nitrogens is 4. The lowest BCUT2D eigenvalue weighted by Crippen LogP contribution is -2.05. The number of ether oxygens (including phenoxy) is 1. The molecule has 6 heteroatoms. The standard InChI is InChI=1S/C9H9FN4O/c1-15-6-8-4-7(10)5-9(13-8)14-11-2-3-12-14/h2-5H,6H2,1H3. The van der Waals surface area contributed by atoms with E-state index in [2.05, 4.69) is 15.2 Å². The third kappa shape index (κ3) is 2.16. The second kappa shape index (κ2) is 4.14. The molecule has 0 spiro atoms. The minimum absolute atomic E-state index is 0.256. The number of halogens is 1. The maximum atomic E-state index is 13.2. The van der Waals surface area contributed by atoms with Crippen molar-refractivity contribution >= 4 is 0 Å². The van der Waals surface area contributed by atoms with Crippen LogP contribution in [0.15, 0.2) is 24.5 Å². The van der Waals surface area contributed by atoms with E-state index in [1.54, 1.807) is 0 Å². The van der Waals surface area contributed by atoms with Crippen LogP contribution >= 0.6 is 0 Å². The van der Waals surface area contributed by atoms with Gasteiger partial charge < -0.3 is 4.74 Å². The Bertz CT molecular complexity index is 443. The van der Waals surface area contributed by atoms with Gasteiger partial charge in [0.15, 0.2) is 5.82 Å². The summed E-state index contributed by atoms with van der Waals surface area (Å²) >= 11 is 0. The Labute approximate surface area is 85.5 Å². The molecule has 2 aromatic rings. The molecule has 15 heavy (non-hydrogen) atoms. The molecule has 0 unspecified atom stereocenters. The molecule has 0 atom stereocenters. The zero-order chi connectivity index (χ0) is 10.7. The molecule has 0 radical (unpaired) electrons. The molecule has 0 bridgehead atoms. The van der Waals surface area contributed by atoms with Crippen LogP contribution in [0.1, 0.15) is 5.69 Å². The second-order valence-corrected chi connectivity index (χ2v) is 2.89. The molecule has 78 valence electrons. The van der Waals surface area contributed by atoms with E-state index < -0.39 is 0 Å². The van der Waals surface area contributed by atoms with Gasteiger partial charge in [0.1, 0.15) is 5.82 Å². The van der Waals surface area contributed by atoms with Gasteiger partial charge in [-0.05, 0) is 6.07 Å². The minimum Gasteiger partial charge on any atom is -0.378 e. The molecular formula is C9H9FN4O. The van der Waals surface area contributed by atoms with E-state index in [4.69, 9.17) is 4.74 Å². The van der Waals surface area contributed by atoms with Crippen molar-refractivity contribution in [3.63, 3.8) is 0 Å². The van der Waals surface area contributed by atoms with E-state index in [1.165, 1.54) is 36.4 Å². The van der Waals surface area contributed by atoms with E-state index in [1.807, 2.05) is 0 Å². The van der Waals surface area contributed by atoms with Crippen molar-refractivity contribution in [2.75, 3.05) is 7.11 Å². The first kappa shape index (κ1) is 9.72. The lowest BCUT2D eigenvalue weighted by Gasteiger charge is -2.03. The fourth-order valence-electron chi connectivity index (χ4n) is 1.19. The predicted molar refractivity (Wildman–Crippen MR) is 49.8 cm³/mol. The van der Waals surface area contributed by atoms with Crippen LogP contribution in [0.4, 0.5) is 4.39 Å².